The maximum Gasteiger partial charge on any atom is 0.198 e. The van der Waals surface area contributed by atoms with Crippen LogP contribution < -0.4 is 15.4 Å². The molecule has 168 valence electrons. The number of pyridine rings is 2. The summed E-state index contributed by atoms with van der Waals surface area (Å²) in [5, 5.41) is 7.72. The molecule has 1 aliphatic rings. The Balaban J connectivity index is 1.88. The number of anilines is 2. The zero-order valence-corrected chi connectivity index (χ0v) is 19.3. The van der Waals surface area contributed by atoms with Crippen molar-refractivity contribution in [1.29, 1.82) is 0 Å². The molecule has 0 spiro atoms. The highest BCUT2D eigenvalue weighted by Gasteiger charge is 2.34. The van der Waals surface area contributed by atoms with E-state index >= 15 is 0 Å². The van der Waals surface area contributed by atoms with Crippen LogP contribution in [0.1, 0.15) is 15.9 Å². The van der Waals surface area contributed by atoms with Crippen molar-refractivity contribution in [3.8, 4) is 16.9 Å². The molecular weight excluding hydrogens is 404 g/mol. The second-order valence-electron chi connectivity index (χ2n) is 8.46. The monoisotopic (exact) mass is 434 g/mol. The van der Waals surface area contributed by atoms with Crippen LogP contribution in [0.5, 0.6) is 5.75 Å². The molecule has 0 radical (unpaired) electrons. The summed E-state index contributed by atoms with van der Waals surface area (Å²) in [6.07, 6.45) is 1.69. The summed E-state index contributed by atoms with van der Waals surface area (Å²) in [6.45, 7) is 3.09. The maximum atomic E-state index is 13.5. The van der Waals surface area contributed by atoms with Gasteiger partial charge in [0, 0.05) is 60.5 Å². The number of methoxy groups -OCH3 is 1. The lowest BCUT2D eigenvalue weighted by molar-refractivity contribution is 0.104. The van der Waals surface area contributed by atoms with Gasteiger partial charge < -0.3 is 25.2 Å². The van der Waals surface area contributed by atoms with Crippen molar-refractivity contribution < 1.29 is 9.53 Å². The predicted molar refractivity (Wildman–Crippen MR) is 129 cm³/mol. The molecule has 0 unspecified atom stereocenters. The molecule has 4 rings (SSSR count). The van der Waals surface area contributed by atoms with Gasteiger partial charge in [0.1, 0.15) is 17.4 Å². The average Bonchev–Trinajstić information content (AvgIpc) is 3.07. The molecule has 1 aromatic carbocycles. The molecule has 32 heavy (non-hydrogen) atoms. The molecule has 0 fully saturated rings. The molecule has 2 N–H and O–H groups in total. The summed E-state index contributed by atoms with van der Waals surface area (Å²) < 4.78 is 5.42. The first-order valence-electron chi connectivity index (χ1n) is 10.7. The van der Waals surface area contributed by atoms with Gasteiger partial charge in [0.05, 0.1) is 18.2 Å². The van der Waals surface area contributed by atoms with Crippen LogP contribution in [0, 0.1) is 0 Å². The number of ether oxygens (including phenoxy) is 1. The summed E-state index contributed by atoms with van der Waals surface area (Å²) in [5.74, 6) is 2.02. The second kappa shape index (κ2) is 9.10. The van der Waals surface area contributed by atoms with Crippen LogP contribution in [0.25, 0.3) is 22.0 Å². The van der Waals surface area contributed by atoms with E-state index in [0.717, 1.165) is 53.2 Å². The number of aromatic nitrogens is 2. The van der Waals surface area contributed by atoms with E-state index in [-0.39, 0.29) is 5.78 Å². The number of nitrogens with one attached hydrogen (secondary N) is 2. The van der Waals surface area contributed by atoms with E-state index in [1.54, 1.807) is 19.4 Å². The summed E-state index contributed by atoms with van der Waals surface area (Å²) in [6, 6.07) is 7.59. The third-order valence-corrected chi connectivity index (χ3v) is 5.57. The topological polar surface area (TPSA) is 82.6 Å². The maximum absolute atomic E-state index is 13.5. The molecule has 1 aliphatic carbocycles. The Morgan fingerprint density at radius 2 is 1.59 bits per heavy atom. The minimum atomic E-state index is -0.0226. The fourth-order valence-electron chi connectivity index (χ4n) is 3.95. The predicted octanol–water partition coefficient (Wildman–Crippen LogP) is 2.80. The number of benzene rings is 1. The summed E-state index contributed by atoms with van der Waals surface area (Å²) >= 11 is 0. The van der Waals surface area contributed by atoms with E-state index in [9.17, 15) is 4.79 Å². The Morgan fingerprint density at radius 1 is 0.906 bits per heavy atom. The quantitative estimate of drug-likeness (QED) is 0.416. The van der Waals surface area contributed by atoms with Crippen LogP contribution in [-0.4, -0.2) is 87.0 Å². The van der Waals surface area contributed by atoms with Gasteiger partial charge in [0.2, 0.25) is 0 Å². The van der Waals surface area contributed by atoms with E-state index in [1.807, 2.05) is 46.4 Å². The number of nitrogens with zero attached hydrogens (tertiary/aromatic N) is 4. The lowest BCUT2D eigenvalue weighted by atomic mass is 10.0. The molecule has 8 heteroatoms. The standard InChI is InChI=1S/C24H30N6O2/c1-29(2)12-10-26-23-20-17(8-9-25-23)22(31)21-19(20)16-7-6-15(32-5)14-18(16)28-24(21)27-11-13-30(3)4/h6-9,14H,10-13H2,1-5H3,(H,25,26)(H,27,28). The lowest BCUT2D eigenvalue weighted by Crippen LogP contribution is -2.22. The second-order valence-corrected chi connectivity index (χ2v) is 8.46. The third-order valence-electron chi connectivity index (χ3n) is 5.57. The van der Waals surface area contributed by atoms with Crippen LogP contribution in [0.2, 0.25) is 0 Å². The molecule has 0 amide bonds. The Morgan fingerprint density at radius 3 is 2.25 bits per heavy atom. The lowest BCUT2D eigenvalue weighted by Gasteiger charge is -2.16. The van der Waals surface area contributed by atoms with Gasteiger partial charge in [-0.3, -0.25) is 4.79 Å². The third kappa shape index (κ3) is 4.11. The highest BCUT2D eigenvalue weighted by atomic mass is 16.5. The molecule has 0 aliphatic heterocycles. The minimum absolute atomic E-state index is 0.0226. The van der Waals surface area contributed by atoms with Crippen LogP contribution in [0.4, 0.5) is 11.6 Å². The Kier molecular flexibility index (Phi) is 6.25. The van der Waals surface area contributed by atoms with Gasteiger partial charge in [-0.25, -0.2) is 9.97 Å². The Bertz CT molecular complexity index is 1160. The van der Waals surface area contributed by atoms with Crippen molar-refractivity contribution in [2.75, 3.05) is 72.1 Å². The van der Waals surface area contributed by atoms with Gasteiger partial charge in [0.15, 0.2) is 5.78 Å². The molecule has 0 bridgehead atoms. The van der Waals surface area contributed by atoms with Gasteiger partial charge in [-0.2, -0.15) is 0 Å². The van der Waals surface area contributed by atoms with Crippen molar-refractivity contribution >= 4 is 28.3 Å². The zero-order valence-electron chi connectivity index (χ0n) is 19.3. The fourth-order valence-corrected chi connectivity index (χ4v) is 3.95. The molecule has 0 saturated carbocycles. The first-order chi connectivity index (χ1) is 15.4. The van der Waals surface area contributed by atoms with Crippen molar-refractivity contribution in [2.24, 2.45) is 0 Å². The van der Waals surface area contributed by atoms with Gasteiger partial charge in [-0.15, -0.1) is 0 Å². The van der Waals surface area contributed by atoms with Crippen LogP contribution in [0.3, 0.4) is 0 Å². The van der Waals surface area contributed by atoms with Crippen molar-refractivity contribution in [2.45, 2.75) is 0 Å². The number of hydrogen-bond donors (Lipinski definition) is 2. The van der Waals surface area contributed by atoms with Crippen LogP contribution >= 0.6 is 0 Å². The molecule has 2 aromatic heterocycles. The number of hydrogen-bond acceptors (Lipinski definition) is 8. The van der Waals surface area contributed by atoms with E-state index in [0.29, 0.717) is 23.5 Å². The number of carbonyl (C=O) groups excluding carboxylic acids is 1. The van der Waals surface area contributed by atoms with E-state index in [1.165, 1.54) is 0 Å². The molecule has 0 saturated heterocycles. The van der Waals surface area contributed by atoms with Gasteiger partial charge in [-0.1, -0.05) is 0 Å². The number of likely N-dealkylation sites (N-methyl/N-ethyl adjacent to an activating group) is 2. The molecular formula is C24H30N6O2. The summed E-state index contributed by atoms with van der Waals surface area (Å²) in [7, 11) is 9.73. The first-order valence-corrected chi connectivity index (χ1v) is 10.7. The smallest absolute Gasteiger partial charge is 0.198 e. The van der Waals surface area contributed by atoms with E-state index in [4.69, 9.17) is 9.72 Å². The molecule has 3 aromatic rings. The van der Waals surface area contributed by atoms with E-state index in [2.05, 4.69) is 25.4 Å². The number of carbonyl (C=O) groups is 1. The largest absolute Gasteiger partial charge is 0.497 e. The minimum Gasteiger partial charge on any atom is -0.497 e. The SMILES string of the molecule is COc1ccc2c3c(c(NCCN(C)C)nc2c1)C(=O)c1ccnc(NCCN(C)C)c1-3. The molecule has 0 atom stereocenters. The van der Waals surface area contributed by atoms with Crippen LogP contribution in [-0.2, 0) is 0 Å². The van der Waals surface area contributed by atoms with Crippen molar-refractivity contribution in [1.82, 2.24) is 19.8 Å². The summed E-state index contributed by atoms with van der Waals surface area (Å²) in [4.78, 5) is 27.1. The van der Waals surface area contributed by atoms with Gasteiger partial charge in [0.25, 0.3) is 0 Å². The number of rotatable bonds is 9. The zero-order chi connectivity index (χ0) is 22.8. The van der Waals surface area contributed by atoms with Crippen LogP contribution in [0.15, 0.2) is 30.5 Å². The first kappa shape index (κ1) is 22.0. The fraction of sp³-hybridized carbons (Fsp3) is 0.375. The van der Waals surface area contributed by atoms with Crippen molar-refractivity contribution in [3.63, 3.8) is 0 Å². The molecule has 2 heterocycles. The Hall–Kier alpha value is -3.23. The number of ketones is 1. The average molecular weight is 435 g/mol. The van der Waals surface area contributed by atoms with E-state index < -0.39 is 0 Å². The summed E-state index contributed by atoms with van der Waals surface area (Å²) in [5.41, 5.74) is 3.77. The van der Waals surface area contributed by atoms with Gasteiger partial charge >= 0.3 is 0 Å². The van der Waals surface area contributed by atoms with Gasteiger partial charge in [-0.05, 0) is 46.4 Å². The van der Waals surface area contributed by atoms with Crippen molar-refractivity contribution in [3.05, 3.63) is 41.6 Å². The molecule has 8 nitrogen and oxygen atoms in total. The highest BCUT2D eigenvalue weighted by Crippen LogP contribution is 2.46. The number of fused-ring (bicyclic) bond motifs is 5. The Labute approximate surface area is 188 Å². The highest BCUT2D eigenvalue weighted by molar-refractivity contribution is 6.29. The normalized spacial score (nSPS) is 12.4.